The Bertz CT molecular complexity index is 447. The Morgan fingerprint density at radius 2 is 2.11 bits per heavy atom. The van der Waals surface area contributed by atoms with E-state index < -0.39 is 0 Å². The zero-order chi connectivity index (χ0) is 14.0. The molecule has 3 nitrogen and oxygen atoms in total. The highest BCUT2D eigenvalue weighted by atomic mass is 79.9. The first kappa shape index (κ1) is 14.6. The Balaban J connectivity index is 2.09. The van der Waals surface area contributed by atoms with E-state index in [9.17, 15) is 4.79 Å². The molecule has 0 saturated heterocycles. The van der Waals surface area contributed by atoms with E-state index in [1.165, 1.54) is 25.7 Å². The molecular formula is C15H23BrN2O. The Labute approximate surface area is 124 Å². The van der Waals surface area contributed by atoms with E-state index in [4.69, 9.17) is 0 Å². The number of rotatable bonds is 4. The van der Waals surface area contributed by atoms with Crippen molar-refractivity contribution in [3.63, 3.8) is 0 Å². The molecule has 1 saturated carbocycles. The predicted molar refractivity (Wildman–Crippen MR) is 81.4 cm³/mol. The molecule has 0 unspecified atom stereocenters. The lowest BCUT2D eigenvalue weighted by molar-refractivity contribution is 0.0761. The molecule has 1 aromatic heterocycles. The van der Waals surface area contributed by atoms with Gasteiger partial charge in [-0.2, -0.15) is 0 Å². The third-order valence-electron chi connectivity index (χ3n) is 3.94. The minimum absolute atomic E-state index is 0.131. The Kier molecular flexibility index (Phi) is 4.71. The first-order chi connectivity index (χ1) is 8.99. The van der Waals surface area contributed by atoms with Crippen molar-refractivity contribution < 1.29 is 4.79 Å². The smallest absolute Gasteiger partial charge is 0.270 e. The number of amides is 1. The number of aromatic nitrogens is 1. The van der Waals surface area contributed by atoms with Gasteiger partial charge in [-0.05, 0) is 54.6 Å². The zero-order valence-corrected chi connectivity index (χ0v) is 13.6. The summed E-state index contributed by atoms with van der Waals surface area (Å²) in [5, 5.41) is 0. The second-order valence-corrected chi connectivity index (χ2v) is 6.80. The van der Waals surface area contributed by atoms with Gasteiger partial charge in [0.2, 0.25) is 0 Å². The van der Waals surface area contributed by atoms with Crippen molar-refractivity contribution in [1.29, 1.82) is 0 Å². The van der Waals surface area contributed by atoms with Crippen molar-refractivity contribution in [3.8, 4) is 0 Å². The van der Waals surface area contributed by atoms with Crippen LogP contribution < -0.4 is 0 Å². The van der Waals surface area contributed by atoms with Crippen LogP contribution in [0.4, 0.5) is 0 Å². The van der Waals surface area contributed by atoms with E-state index in [1.807, 2.05) is 28.8 Å². The van der Waals surface area contributed by atoms with Crippen LogP contribution >= 0.6 is 15.9 Å². The number of hydrogen-bond acceptors (Lipinski definition) is 1. The summed E-state index contributed by atoms with van der Waals surface area (Å²) >= 11 is 3.47. The van der Waals surface area contributed by atoms with E-state index >= 15 is 0 Å². The molecule has 1 aliphatic rings. The van der Waals surface area contributed by atoms with Gasteiger partial charge in [-0.1, -0.05) is 12.8 Å². The number of halogens is 1. The van der Waals surface area contributed by atoms with Gasteiger partial charge in [0.1, 0.15) is 5.69 Å². The summed E-state index contributed by atoms with van der Waals surface area (Å²) in [4.78, 5) is 14.4. The number of hydrogen-bond donors (Lipinski definition) is 0. The molecule has 2 rings (SSSR count). The molecule has 0 aromatic carbocycles. The normalized spacial score (nSPS) is 16.3. The van der Waals surface area contributed by atoms with Crippen LogP contribution in [0.15, 0.2) is 16.7 Å². The highest BCUT2D eigenvalue weighted by molar-refractivity contribution is 9.10. The number of carbonyl (C=O) groups excluding carboxylic acids is 1. The highest BCUT2D eigenvalue weighted by Gasteiger charge is 2.22. The lowest BCUT2D eigenvalue weighted by Crippen LogP contribution is -2.32. The molecule has 19 heavy (non-hydrogen) atoms. The fourth-order valence-electron chi connectivity index (χ4n) is 2.90. The maximum atomic E-state index is 12.6. The molecular weight excluding hydrogens is 304 g/mol. The summed E-state index contributed by atoms with van der Waals surface area (Å²) in [5.41, 5.74) is 0.780. The van der Waals surface area contributed by atoms with Gasteiger partial charge in [0, 0.05) is 30.3 Å². The van der Waals surface area contributed by atoms with Crippen LogP contribution in [0, 0.1) is 5.92 Å². The summed E-state index contributed by atoms with van der Waals surface area (Å²) in [6.07, 6.45) is 7.17. The molecule has 0 atom stereocenters. The van der Waals surface area contributed by atoms with Crippen LogP contribution in [-0.2, 0) is 0 Å². The molecule has 1 amide bonds. The van der Waals surface area contributed by atoms with Gasteiger partial charge in [-0.3, -0.25) is 4.79 Å². The third-order valence-corrected chi connectivity index (χ3v) is 4.38. The maximum Gasteiger partial charge on any atom is 0.270 e. The van der Waals surface area contributed by atoms with Gasteiger partial charge >= 0.3 is 0 Å². The standard InChI is InChI=1S/C15H23BrN2O/c1-11(2)18-10-13(16)8-14(18)15(19)17(3)9-12-6-4-5-7-12/h8,10-12H,4-7,9H2,1-3H3. The van der Waals surface area contributed by atoms with Crippen LogP contribution in [0.3, 0.4) is 0 Å². The average Bonchev–Trinajstić information content (AvgIpc) is 2.97. The highest BCUT2D eigenvalue weighted by Crippen LogP contribution is 2.26. The van der Waals surface area contributed by atoms with Crippen molar-refractivity contribution in [2.75, 3.05) is 13.6 Å². The Morgan fingerprint density at radius 3 is 2.68 bits per heavy atom. The van der Waals surface area contributed by atoms with Gasteiger partial charge in [-0.25, -0.2) is 0 Å². The van der Waals surface area contributed by atoms with Crippen molar-refractivity contribution >= 4 is 21.8 Å². The third kappa shape index (κ3) is 3.41. The largest absolute Gasteiger partial charge is 0.340 e. The monoisotopic (exact) mass is 326 g/mol. The SMILES string of the molecule is CC(C)n1cc(Br)cc1C(=O)N(C)CC1CCCC1. The average molecular weight is 327 g/mol. The van der Waals surface area contributed by atoms with Crippen molar-refractivity contribution in [3.05, 3.63) is 22.4 Å². The van der Waals surface area contributed by atoms with Gasteiger partial charge in [0.15, 0.2) is 0 Å². The van der Waals surface area contributed by atoms with E-state index in [0.29, 0.717) is 12.0 Å². The minimum Gasteiger partial charge on any atom is -0.340 e. The van der Waals surface area contributed by atoms with Crippen LogP contribution in [0.1, 0.15) is 56.1 Å². The van der Waals surface area contributed by atoms with E-state index in [0.717, 1.165) is 16.7 Å². The van der Waals surface area contributed by atoms with Crippen LogP contribution in [0.25, 0.3) is 0 Å². The van der Waals surface area contributed by atoms with Crippen LogP contribution in [-0.4, -0.2) is 29.0 Å². The molecule has 0 spiro atoms. The summed E-state index contributed by atoms with van der Waals surface area (Å²) in [5.74, 6) is 0.825. The summed E-state index contributed by atoms with van der Waals surface area (Å²) < 4.78 is 3.01. The lowest BCUT2D eigenvalue weighted by Gasteiger charge is -2.22. The predicted octanol–water partition coefficient (Wildman–Crippen LogP) is 4.09. The molecule has 0 aliphatic heterocycles. The lowest BCUT2D eigenvalue weighted by atomic mass is 10.1. The van der Waals surface area contributed by atoms with E-state index in [2.05, 4.69) is 29.8 Å². The van der Waals surface area contributed by atoms with Crippen molar-refractivity contribution in [2.24, 2.45) is 5.92 Å². The molecule has 1 aromatic rings. The fraction of sp³-hybridized carbons (Fsp3) is 0.667. The van der Waals surface area contributed by atoms with E-state index in [-0.39, 0.29) is 5.91 Å². The topological polar surface area (TPSA) is 25.2 Å². The first-order valence-electron chi connectivity index (χ1n) is 7.12. The second-order valence-electron chi connectivity index (χ2n) is 5.88. The second kappa shape index (κ2) is 6.12. The molecule has 0 N–H and O–H groups in total. The minimum atomic E-state index is 0.131. The van der Waals surface area contributed by atoms with Crippen LogP contribution in [0.5, 0.6) is 0 Å². The molecule has 106 valence electrons. The Morgan fingerprint density at radius 1 is 1.47 bits per heavy atom. The zero-order valence-electron chi connectivity index (χ0n) is 12.0. The number of nitrogens with zero attached hydrogens (tertiary/aromatic N) is 2. The van der Waals surface area contributed by atoms with E-state index in [1.54, 1.807) is 0 Å². The van der Waals surface area contributed by atoms with Gasteiger partial charge < -0.3 is 9.47 Å². The molecule has 0 bridgehead atoms. The van der Waals surface area contributed by atoms with Crippen molar-refractivity contribution in [1.82, 2.24) is 9.47 Å². The van der Waals surface area contributed by atoms with Crippen LogP contribution in [0.2, 0.25) is 0 Å². The number of carbonyl (C=O) groups is 1. The molecule has 1 aliphatic carbocycles. The molecule has 1 heterocycles. The molecule has 0 radical (unpaired) electrons. The first-order valence-corrected chi connectivity index (χ1v) is 7.91. The summed E-state index contributed by atoms with van der Waals surface area (Å²) in [6, 6.07) is 2.22. The molecule has 1 fully saturated rings. The fourth-order valence-corrected chi connectivity index (χ4v) is 3.34. The molecule has 4 heteroatoms. The van der Waals surface area contributed by atoms with Crippen molar-refractivity contribution in [2.45, 2.75) is 45.6 Å². The van der Waals surface area contributed by atoms with Gasteiger partial charge in [-0.15, -0.1) is 0 Å². The summed E-state index contributed by atoms with van der Waals surface area (Å²) in [6.45, 7) is 5.08. The Hall–Kier alpha value is -0.770. The summed E-state index contributed by atoms with van der Waals surface area (Å²) in [7, 11) is 1.92. The van der Waals surface area contributed by atoms with Gasteiger partial charge in [0.05, 0.1) is 0 Å². The maximum absolute atomic E-state index is 12.6. The quantitative estimate of drug-likeness (QED) is 0.817. The van der Waals surface area contributed by atoms with Gasteiger partial charge in [0.25, 0.3) is 5.91 Å².